The standard InChI is InChI=1S/C13H24N2O/c1-4-7-15(12(2)3)8-6-14-10-13-5-9-16-11-13/h5,9,11-12,14H,4,6-8,10H2,1-3H3. The third-order valence-corrected chi connectivity index (χ3v) is 2.73. The van der Waals surface area contributed by atoms with E-state index in [4.69, 9.17) is 4.42 Å². The lowest BCUT2D eigenvalue weighted by Crippen LogP contribution is -2.37. The monoisotopic (exact) mass is 224 g/mol. The molecule has 92 valence electrons. The van der Waals surface area contributed by atoms with Crippen LogP contribution in [-0.4, -0.2) is 30.6 Å². The summed E-state index contributed by atoms with van der Waals surface area (Å²) in [7, 11) is 0. The van der Waals surface area contributed by atoms with E-state index in [-0.39, 0.29) is 0 Å². The van der Waals surface area contributed by atoms with Crippen LogP contribution in [0.4, 0.5) is 0 Å². The van der Waals surface area contributed by atoms with E-state index < -0.39 is 0 Å². The van der Waals surface area contributed by atoms with E-state index in [1.54, 1.807) is 12.5 Å². The van der Waals surface area contributed by atoms with E-state index in [1.165, 1.54) is 18.5 Å². The molecule has 16 heavy (non-hydrogen) atoms. The van der Waals surface area contributed by atoms with Gasteiger partial charge in [-0.3, -0.25) is 4.90 Å². The van der Waals surface area contributed by atoms with E-state index in [0.717, 1.165) is 19.6 Å². The summed E-state index contributed by atoms with van der Waals surface area (Å²) in [5, 5.41) is 3.43. The maximum absolute atomic E-state index is 5.02. The molecule has 0 bridgehead atoms. The van der Waals surface area contributed by atoms with Gasteiger partial charge in [-0.2, -0.15) is 0 Å². The van der Waals surface area contributed by atoms with Gasteiger partial charge in [-0.05, 0) is 32.9 Å². The molecule has 0 amide bonds. The molecular weight excluding hydrogens is 200 g/mol. The van der Waals surface area contributed by atoms with Gasteiger partial charge in [0, 0.05) is 31.2 Å². The lowest BCUT2D eigenvalue weighted by atomic mass is 10.3. The first-order valence-corrected chi connectivity index (χ1v) is 6.20. The highest BCUT2D eigenvalue weighted by atomic mass is 16.3. The van der Waals surface area contributed by atoms with Crippen LogP contribution in [0.25, 0.3) is 0 Å². The minimum absolute atomic E-state index is 0.635. The molecule has 0 atom stereocenters. The zero-order chi connectivity index (χ0) is 11.8. The second-order valence-corrected chi connectivity index (χ2v) is 4.44. The molecule has 0 unspecified atom stereocenters. The van der Waals surface area contributed by atoms with Gasteiger partial charge in [0.25, 0.3) is 0 Å². The largest absolute Gasteiger partial charge is 0.472 e. The van der Waals surface area contributed by atoms with Crippen molar-refractivity contribution in [3.8, 4) is 0 Å². The average Bonchev–Trinajstić information content (AvgIpc) is 2.75. The summed E-state index contributed by atoms with van der Waals surface area (Å²) in [6.07, 6.45) is 4.73. The number of hydrogen-bond donors (Lipinski definition) is 1. The highest BCUT2D eigenvalue weighted by molar-refractivity contribution is 5.04. The SMILES string of the molecule is CCCN(CCNCc1ccoc1)C(C)C. The van der Waals surface area contributed by atoms with Gasteiger partial charge in [0.05, 0.1) is 12.5 Å². The van der Waals surface area contributed by atoms with E-state index in [2.05, 4.69) is 31.0 Å². The maximum atomic E-state index is 5.02. The molecule has 0 aliphatic carbocycles. The van der Waals surface area contributed by atoms with Crippen molar-refractivity contribution in [2.45, 2.75) is 39.8 Å². The second-order valence-electron chi connectivity index (χ2n) is 4.44. The fourth-order valence-electron chi connectivity index (χ4n) is 1.76. The van der Waals surface area contributed by atoms with Crippen molar-refractivity contribution < 1.29 is 4.42 Å². The van der Waals surface area contributed by atoms with Gasteiger partial charge >= 0.3 is 0 Å². The van der Waals surface area contributed by atoms with Crippen molar-refractivity contribution in [3.05, 3.63) is 24.2 Å². The van der Waals surface area contributed by atoms with Crippen molar-refractivity contribution in [2.75, 3.05) is 19.6 Å². The number of nitrogens with zero attached hydrogens (tertiary/aromatic N) is 1. The molecule has 0 aliphatic heterocycles. The quantitative estimate of drug-likeness (QED) is 0.688. The van der Waals surface area contributed by atoms with Gasteiger partial charge in [-0.25, -0.2) is 0 Å². The summed E-state index contributed by atoms with van der Waals surface area (Å²) in [5.41, 5.74) is 1.21. The predicted octanol–water partition coefficient (Wildman–Crippen LogP) is 2.49. The molecule has 0 aliphatic rings. The Kier molecular flexibility index (Phi) is 6.19. The molecule has 1 aromatic heterocycles. The molecule has 3 heteroatoms. The van der Waals surface area contributed by atoms with E-state index in [9.17, 15) is 0 Å². The van der Waals surface area contributed by atoms with Crippen LogP contribution in [0.1, 0.15) is 32.8 Å². The fourth-order valence-corrected chi connectivity index (χ4v) is 1.76. The first kappa shape index (κ1) is 13.3. The minimum Gasteiger partial charge on any atom is -0.472 e. The molecule has 0 saturated carbocycles. The summed E-state index contributed by atoms with van der Waals surface area (Å²) in [4.78, 5) is 2.50. The summed E-state index contributed by atoms with van der Waals surface area (Å²) < 4.78 is 5.02. The normalized spacial score (nSPS) is 11.6. The molecule has 0 spiro atoms. The summed E-state index contributed by atoms with van der Waals surface area (Å²) in [6.45, 7) is 11.0. The summed E-state index contributed by atoms with van der Waals surface area (Å²) in [5.74, 6) is 0. The topological polar surface area (TPSA) is 28.4 Å². The third-order valence-electron chi connectivity index (χ3n) is 2.73. The first-order chi connectivity index (χ1) is 7.74. The Morgan fingerprint density at radius 1 is 1.38 bits per heavy atom. The highest BCUT2D eigenvalue weighted by Crippen LogP contribution is 2.00. The van der Waals surface area contributed by atoms with Gasteiger partial charge < -0.3 is 9.73 Å². The Hall–Kier alpha value is -0.800. The Bertz CT molecular complexity index is 257. The van der Waals surface area contributed by atoms with Crippen LogP contribution in [0.2, 0.25) is 0 Å². The lowest BCUT2D eigenvalue weighted by Gasteiger charge is -2.25. The Morgan fingerprint density at radius 2 is 2.19 bits per heavy atom. The third kappa shape index (κ3) is 4.81. The summed E-state index contributed by atoms with van der Waals surface area (Å²) in [6, 6.07) is 2.63. The van der Waals surface area contributed by atoms with Crippen LogP contribution in [0.15, 0.2) is 23.0 Å². The van der Waals surface area contributed by atoms with Gasteiger partial charge in [0.2, 0.25) is 0 Å². The molecule has 1 heterocycles. The van der Waals surface area contributed by atoms with Gasteiger partial charge in [0.1, 0.15) is 0 Å². The molecule has 1 N–H and O–H groups in total. The van der Waals surface area contributed by atoms with Crippen LogP contribution < -0.4 is 5.32 Å². The van der Waals surface area contributed by atoms with Crippen LogP contribution in [0.5, 0.6) is 0 Å². The van der Waals surface area contributed by atoms with Crippen molar-refractivity contribution in [1.82, 2.24) is 10.2 Å². The fraction of sp³-hybridized carbons (Fsp3) is 0.692. The molecular formula is C13H24N2O. The predicted molar refractivity (Wildman–Crippen MR) is 67.4 cm³/mol. The van der Waals surface area contributed by atoms with Crippen LogP contribution >= 0.6 is 0 Å². The van der Waals surface area contributed by atoms with Crippen molar-refractivity contribution in [2.24, 2.45) is 0 Å². The molecule has 0 saturated heterocycles. The smallest absolute Gasteiger partial charge is 0.0947 e. The Labute approximate surface area is 98.8 Å². The van der Waals surface area contributed by atoms with Crippen LogP contribution in [-0.2, 0) is 6.54 Å². The zero-order valence-electron chi connectivity index (χ0n) is 10.7. The number of hydrogen-bond acceptors (Lipinski definition) is 3. The molecule has 0 fully saturated rings. The molecule has 1 aromatic rings. The molecule has 1 rings (SSSR count). The maximum Gasteiger partial charge on any atom is 0.0947 e. The first-order valence-electron chi connectivity index (χ1n) is 6.20. The van der Waals surface area contributed by atoms with Gasteiger partial charge in [-0.15, -0.1) is 0 Å². The van der Waals surface area contributed by atoms with E-state index in [1.807, 2.05) is 6.07 Å². The van der Waals surface area contributed by atoms with Crippen molar-refractivity contribution >= 4 is 0 Å². The Morgan fingerprint density at radius 3 is 2.75 bits per heavy atom. The number of nitrogens with one attached hydrogen (secondary N) is 1. The van der Waals surface area contributed by atoms with Crippen molar-refractivity contribution in [1.29, 1.82) is 0 Å². The van der Waals surface area contributed by atoms with Gasteiger partial charge in [0.15, 0.2) is 0 Å². The zero-order valence-corrected chi connectivity index (χ0v) is 10.7. The van der Waals surface area contributed by atoms with Crippen molar-refractivity contribution in [3.63, 3.8) is 0 Å². The lowest BCUT2D eigenvalue weighted by molar-refractivity contribution is 0.222. The number of furan rings is 1. The minimum atomic E-state index is 0.635. The van der Waals surface area contributed by atoms with E-state index in [0.29, 0.717) is 6.04 Å². The van der Waals surface area contributed by atoms with E-state index >= 15 is 0 Å². The van der Waals surface area contributed by atoms with Crippen LogP contribution in [0, 0.1) is 0 Å². The van der Waals surface area contributed by atoms with Crippen LogP contribution in [0.3, 0.4) is 0 Å². The highest BCUT2D eigenvalue weighted by Gasteiger charge is 2.06. The second kappa shape index (κ2) is 7.47. The summed E-state index contributed by atoms with van der Waals surface area (Å²) >= 11 is 0. The number of rotatable bonds is 8. The Balaban J connectivity index is 2.13. The average molecular weight is 224 g/mol. The molecule has 0 aromatic carbocycles. The molecule has 3 nitrogen and oxygen atoms in total. The molecule has 0 radical (unpaired) electrons. The van der Waals surface area contributed by atoms with Gasteiger partial charge in [-0.1, -0.05) is 6.92 Å².